The van der Waals surface area contributed by atoms with Crippen LogP contribution < -0.4 is 9.47 Å². The molecule has 2 aromatic carbocycles. The number of ether oxygens (including phenoxy) is 2. The predicted molar refractivity (Wildman–Crippen MR) is 91.9 cm³/mol. The van der Waals surface area contributed by atoms with Crippen molar-refractivity contribution in [3.8, 4) is 23.0 Å². The second-order valence-corrected chi connectivity index (χ2v) is 6.96. The van der Waals surface area contributed by atoms with Gasteiger partial charge in [0.2, 0.25) is 0 Å². The van der Waals surface area contributed by atoms with Gasteiger partial charge in [-0.3, -0.25) is 0 Å². The van der Waals surface area contributed by atoms with Gasteiger partial charge in [-0.1, -0.05) is 12.1 Å². The molecule has 2 aromatic rings. The fourth-order valence-corrected chi connectivity index (χ4v) is 3.34. The van der Waals surface area contributed by atoms with Gasteiger partial charge in [0.15, 0.2) is 0 Å². The van der Waals surface area contributed by atoms with Gasteiger partial charge in [-0.05, 0) is 50.1 Å². The number of phenols is 2. The first-order valence-electron chi connectivity index (χ1n) is 8.12. The average molecular weight is 324 g/mol. The molecule has 4 heteroatoms. The van der Waals surface area contributed by atoms with Gasteiger partial charge in [0, 0.05) is 17.5 Å². The second-order valence-electron chi connectivity index (χ2n) is 6.96. The molecule has 0 fully saturated rings. The summed E-state index contributed by atoms with van der Waals surface area (Å²) in [5.74, 6) is 2.05. The molecule has 0 spiro atoms. The highest BCUT2D eigenvalue weighted by Gasteiger charge is 2.30. The van der Waals surface area contributed by atoms with Crippen molar-refractivity contribution in [2.75, 3.05) is 6.61 Å². The molecule has 0 saturated heterocycles. The van der Waals surface area contributed by atoms with E-state index in [1.54, 1.807) is 18.2 Å². The molecule has 0 aromatic heterocycles. The lowest BCUT2D eigenvalue weighted by molar-refractivity contribution is 0.153. The molecule has 2 aliphatic heterocycles. The number of hydrogen-bond acceptors (Lipinski definition) is 4. The molecule has 0 radical (unpaired) electrons. The molecular weight excluding hydrogens is 304 g/mol. The van der Waals surface area contributed by atoms with E-state index in [9.17, 15) is 10.2 Å². The first kappa shape index (κ1) is 14.9. The Labute approximate surface area is 141 Å². The van der Waals surface area contributed by atoms with Crippen molar-refractivity contribution in [1.29, 1.82) is 0 Å². The van der Waals surface area contributed by atoms with E-state index in [0.29, 0.717) is 6.61 Å². The van der Waals surface area contributed by atoms with Crippen LogP contribution in [0.3, 0.4) is 0 Å². The van der Waals surface area contributed by atoms with Gasteiger partial charge in [-0.2, -0.15) is 0 Å². The molecule has 2 aliphatic rings. The Bertz CT molecular complexity index is 836. The van der Waals surface area contributed by atoms with Crippen LogP contribution in [0.1, 0.15) is 36.5 Å². The van der Waals surface area contributed by atoms with Crippen LogP contribution in [0.15, 0.2) is 36.4 Å². The van der Waals surface area contributed by atoms with Gasteiger partial charge in [-0.25, -0.2) is 0 Å². The van der Waals surface area contributed by atoms with Crippen molar-refractivity contribution >= 4 is 6.08 Å². The Morgan fingerprint density at radius 1 is 1.12 bits per heavy atom. The number of phenolic OH excluding ortho intramolecular Hbond substituents is 2. The maximum Gasteiger partial charge on any atom is 0.135 e. The van der Waals surface area contributed by atoms with E-state index in [1.807, 2.05) is 38.1 Å². The van der Waals surface area contributed by atoms with Gasteiger partial charge in [0.25, 0.3) is 0 Å². The van der Waals surface area contributed by atoms with Crippen LogP contribution in [-0.2, 0) is 6.42 Å². The maximum atomic E-state index is 10.1. The van der Waals surface area contributed by atoms with Crippen molar-refractivity contribution < 1.29 is 19.7 Å². The fraction of sp³-hybridized carbons (Fsp3) is 0.300. The third-order valence-corrected chi connectivity index (χ3v) is 4.62. The van der Waals surface area contributed by atoms with Gasteiger partial charge in [0.05, 0.1) is 12.2 Å². The van der Waals surface area contributed by atoms with Crippen molar-refractivity contribution in [2.24, 2.45) is 0 Å². The summed E-state index contributed by atoms with van der Waals surface area (Å²) < 4.78 is 12.0. The highest BCUT2D eigenvalue weighted by Crippen LogP contribution is 2.44. The molecule has 0 bridgehead atoms. The highest BCUT2D eigenvalue weighted by molar-refractivity contribution is 5.69. The highest BCUT2D eigenvalue weighted by atomic mass is 16.5. The smallest absolute Gasteiger partial charge is 0.135 e. The fourth-order valence-electron chi connectivity index (χ4n) is 3.34. The molecule has 1 atom stereocenters. The molecule has 0 saturated carbocycles. The Morgan fingerprint density at radius 3 is 2.79 bits per heavy atom. The van der Waals surface area contributed by atoms with E-state index in [4.69, 9.17) is 9.47 Å². The lowest BCUT2D eigenvalue weighted by atomic mass is 9.87. The zero-order valence-electron chi connectivity index (χ0n) is 13.7. The Morgan fingerprint density at radius 2 is 1.96 bits per heavy atom. The molecule has 124 valence electrons. The summed E-state index contributed by atoms with van der Waals surface area (Å²) in [6, 6.07) is 8.86. The number of hydrogen-bond donors (Lipinski definition) is 2. The quantitative estimate of drug-likeness (QED) is 0.832. The van der Waals surface area contributed by atoms with Gasteiger partial charge in [0.1, 0.15) is 28.6 Å². The van der Waals surface area contributed by atoms with Crippen LogP contribution in [0.5, 0.6) is 23.0 Å². The molecule has 2 heterocycles. The summed E-state index contributed by atoms with van der Waals surface area (Å²) in [5, 5.41) is 19.7. The number of benzene rings is 2. The van der Waals surface area contributed by atoms with Crippen LogP contribution >= 0.6 is 0 Å². The van der Waals surface area contributed by atoms with Crippen LogP contribution in [0, 0.1) is 0 Å². The van der Waals surface area contributed by atoms with E-state index in [2.05, 4.69) is 0 Å². The van der Waals surface area contributed by atoms with Crippen molar-refractivity contribution in [2.45, 2.75) is 31.8 Å². The lowest BCUT2D eigenvalue weighted by Gasteiger charge is -2.33. The monoisotopic (exact) mass is 324 g/mol. The summed E-state index contributed by atoms with van der Waals surface area (Å²) in [5.41, 5.74) is 2.42. The minimum absolute atomic E-state index is 0.138. The summed E-state index contributed by atoms with van der Waals surface area (Å²) in [7, 11) is 0. The van der Waals surface area contributed by atoms with Crippen LogP contribution in [0.2, 0.25) is 0 Å². The van der Waals surface area contributed by atoms with Gasteiger partial charge < -0.3 is 19.7 Å². The van der Waals surface area contributed by atoms with E-state index in [-0.39, 0.29) is 17.4 Å². The zero-order chi connectivity index (χ0) is 16.9. The topological polar surface area (TPSA) is 58.9 Å². The first-order chi connectivity index (χ1) is 11.4. The molecule has 24 heavy (non-hydrogen) atoms. The number of aromatic hydroxyl groups is 2. The Kier molecular flexibility index (Phi) is 3.23. The van der Waals surface area contributed by atoms with Crippen molar-refractivity contribution in [3.05, 3.63) is 53.1 Å². The number of fused-ring (bicyclic) bond motifs is 2. The summed E-state index contributed by atoms with van der Waals surface area (Å²) >= 11 is 0. The standard InChI is InChI=1S/C20H20O4/c1-20(2)8-7-16-17(22)6-5-15(19(16)24-20)13-9-12-3-4-14(21)10-18(12)23-11-13/h3-8,10,13,21-22H,9,11H2,1-2H3/t13-/m1/s1. The molecule has 0 unspecified atom stereocenters. The Hall–Kier alpha value is -2.62. The summed E-state index contributed by atoms with van der Waals surface area (Å²) in [6.45, 7) is 4.51. The molecule has 4 rings (SSSR count). The van der Waals surface area contributed by atoms with Crippen molar-refractivity contribution in [3.63, 3.8) is 0 Å². The van der Waals surface area contributed by atoms with Gasteiger partial charge in [-0.15, -0.1) is 0 Å². The molecule has 0 amide bonds. The minimum atomic E-state index is -0.408. The largest absolute Gasteiger partial charge is 0.508 e. The third-order valence-electron chi connectivity index (χ3n) is 4.62. The number of rotatable bonds is 1. The normalized spacial score (nSPS) is 20.5. The van der Waals surface area contributed by atoms with Gasteiger partial charge >= 0.3 is 0 Å². The van der Waals surface area contributed by atoms with E-state index in [0.717, 1.165) is 34.6 Å². The van der Waals surface area contributed by atoms with E-state index in [1.165, 1.54) is 0 Å². The van der Waals surface area contributed by atoms with Crippen molar-refractivity contribution in [1.82, 2.24) is 0 Å². The summed E-state index contributed by atoms with van der Waals surface area (Å²) in [4.78, 5) is 0. The van der Waals surface area contributed by atoms with Crippen LogP contribution in [-0.4, -0.2) is 22.4 Å². The van der Waals surface area contributed by atoms with E-state index < -0.39 is 5.60 Å². The SMILES string of the molecule is CC1(C)C=Cc2c(O)ccc([C@H]3COc4cc(O)ccc4C3)c2O1. The summed E-state index contributed by atoms with van der Waals surface area (Å²) in [6.07, 6.45) is 4.68. The minimum Gasteiger partial charge on any atom is -0.508 e. The van der Waals surface area contributed by atoms with E-state index >= 15 is 0 Å². The predicted octanol–water partition coefficient (Wildman–Crippen LogP) is 4.00. The Balaban J connectivity index is 1.74. The lowest BCUT2D eigenvalue weighted by Crippen LogP contribution is -2.29. The molecular formula is C20H20O4. The molecule has 2 N–H and O–H groups in total. The average Bonchev–Trinajstić information content (AvgIpc) is 2.54. The van der Waals surface area contributed by atoms with Crippen LogP contribution in [0.25, 0.3) is 6.08 Å². The molecule has 0 aliphatic carbocycles. The third kappa shape index (κ3) is 2.48. The maximum absolute atomic E-state index is 10.1. The second kappa shape index (κ2) is 5.20. The molecule has 4 nitrogen and oxygen atoms in total. The first-order valence-corrected chi connectivity index (χ1v) is 8.12. The zero-order valence-corrected chi connectivity index (χ0v) is 13.7. The van der Waals surface area contributed by atoms with Crippen LogP contribution in [0.4, 0.5) is 0 Å².